The van der Waals surface area contributed by atoms with Gasteiger partial charge in [0.15, 0.2) is 0 Å². The molecule has 3 heterocycles. The van der Waals surface area contributed by atoms with Gasteiger partial charge in [0, 0.05) is 37.3 Å². The maximum Gasteiger partial charge on any atom is 0.135 e. The second-order valence-corrected chi connectivity index (χ2v) is 7.43. The van der Waals surface area contributed by atoms with Crippen LogP contribution in [0.4, 0.5) is 0 Å². The summed E-state index contributed by atoms with van der Waals surface area (Å²) in [7, 11) is 0. The molecule has 1 aromatic carbocycles. The molecule has 24 heavy (non-hydrogen) atoms. The van der Waals surface area contributed by atoms with Gasteiger partial charge >= 0.3 is 0 Å². The molecule has 4 rings (SSSR count). The van der Waals surface area contributed by atoms with Gasteiger partial charge in [-0.05, 0) is 37.6 Å². The molecule has 3 atom stereocenters. The number of aliphatic hydroxyl groups is 1. The number of furan rings is 1. The maximum atomic E-state index is 9.89. The zero-order valence-corrected chi connectivity index (χ0v) is 14.6. The van der Waals surface area contributed by atoms with E-state index >= 15 is 0 Å². The zero-order chi connectivity index (χ0) is 16.7. The van der Waals surface area contributed by atoms with Crippen LogP contribution in [0.15, 0.2) is 40.8 Å². The van der Waals surface area contributed by atoms with Crippen molar-refractivity contribution in [1.29, 1.82) is 0 Å². The minimum atomic E-state index is -0.169. The first-order valence-electron chi connectivity index (χ1n) is 8.60. The fraction of sp³-hybridized carbons (Fsp3) is 0.474. The van der Waals surface area contributed by atoms with Crippen LogP contribution < -0.4 is 0 Å². The van der Waals surface area contributed by atoms with Crippen molar-refractivity contribution < 1.29 is 9.52 Å². The molecule has 0 bridgehead atoms. The van der Waals surface area contributed by atoms with Gasteiger partial charge in [-0.15, -0.1) is 0 Å². The Kier molecular flexibility index (Phi) is 4.39. The van der Waals surface area contributed by atoms with Crippen LogP contribution in [0.5, 0.6) is 0 Å². The van der Waals surface area contributed by atoms with Crippen LogP contribution >= 0.6 is 11.6 Å². The predicted molar refractivity (Wildman–Crippen MR) is 95.0 cm³/mol. The summed E-state index contributed by atoms with van der Waals surface area (Å²) < 4.78 is 6.04. The molecule has 0 radical (unpaired) electrons. The summed E-state index contributed by atoms with van der Waals surface area (Å²) >= 11 is 6.26. The minimum absolute atomic E-state index is 0.169. The smallest absolute Gasteiger partial charge is 0.135 e. The molecule has 0 spiro atoms. The lowest BCUT2D eigenvalue weighted by Crippen LogP contribution is -2.54. The summed E-state index contributed by atoms with van der Waals surface area (Å²) in [6.45, 7) is 5.87. The Bertz CT molecular complexity index is 717. The number of nitrogens with zero attached hydrogens (tertiary/aromatic N) is 2. The van der Waals surface area contributed by atoms with Crippen molar-refractivity contribution in [3.05, 3.63) is 47.2 Å². The lowest BCUT2D eigenvalue weighted by Gasteiger charge is -2.41. The summed E-state index contributed by atoms with van der Waals surface area (Å²) in [4.78, 5) is 4.87. The van der Waals surface area contributed by atoms with Crippen LogP contribution in [-0.4, -0.2) is 52.7 Å². The topological polar surface area (TPSA) is 39.9 Å². The average Bonchev–Trinajstić information content (AvgIpc) is 3.14. The molecule has 0 amide bonds. The molecule has 0 aliphatic carbocycles. The van der Waals surface area contributed by atoms with Crippen LogP contribution in [0.2, 0.25) is 5.02 Å². The van der Waals surface area contributed by atoms with E-state index in [2.05, 4.69) is 16.7 Å². The minimum Gasteiger partial charge on any atom is -0.460 e. The van der Waals surface area contributed by atoms with Crippen molar-refractivity contribution in [1.82, 2.24) is 9.80 Å². The van der Waals surface area contributed by atoms with Gasteiger partial charge in [-0.3, -0.25) is 9.80 Å². The summed E-state index contributed by atoms with van der Waals surface area (Å²) in [5.74, 6) is 1.78. The number of fused-ring (bicyclic) bond motifs is 1. The zero-order valence-electron chi connectivity index (χ0n) is 13.9. The lowest BCUT2D eigenvalue weighted by molar-refractivity contribution is 0.0485. The quantitative estimate of drug-likeness (QED) is 0.926. The monoisotopic (exact) mass is 346 g/mol. The van der Waals surface area contributed by atoms with Crippen LogP contribution in [0, 0.1) is 0 Å². The Balaban J connectivity index is 1.47. The molecule has 2 aliphatic heterocycles. The molecule has 5 heteroatoms. The number of piperazine rings is 1. The van der Waals surface area contributed by atoms with Gasteiger partial charge in [-0.2, -0.15) is 0 Å². The van der Waals surface area contributed by atoms with E-state index in [0.717, 1.165) is 49.7 Å². The Hall–Kier alpha value is -1.33. The highest BCUT2D eigenvalue weighted by Crippen LogP contribution is 2.31. The first-order valence-corrected chi connectivity index (χ1v) is 8.97. The third-order valence-electron chi connectivity index (χ3n) is 5.23. The van der Waals surface area contributed by atoms with E-state index in [0.29, 0.717) is 17.1 Å². The van der Waals surface area contributed by atoms with Gasteiger partial charge in [0.1, 0.15) is 11.5 Å². The van der Waals surface area contributed by atoms with Gasteiger partial charge in [0.25, 0.3) is 0 Å². The van der Waals surface area contributed by atoms with Crippen molar-refractivity contribution in [3.63, 3.8) is 0 Å². The first kappa shape index (κ1) is 16.2. The van der Waals surface area contributed by atoms with Crippen molar-refractivity contribution >= 4 is 11.6 Å². The first-order chi connectivity index (χ1) is 11.6. The van der Waals surface area contributed by atoms with Crippen LogP contribution in [0.25, 0.3) is 11.3 Å². The highest BCUT2D eigenvalue weighted by molar-refractivity contribution is 6.33. The lowest BCUT2D eigenvalue weighted by atomic mass is 10.1. The molecule has 4 nitrogen and oxygen atoms in total. The van der Waals surface area contributed by atoms with Crippen LogP contribution in [-0.2, 0) is 6.54 Å². The van der Waals surface area contributed by atoms with Gasteiger partial charge < -0.3 is 9.52 Å². The summed E-state index contributed by atoms with van der Waals surface area (Å²) in [6.07, 6.45) is 0.712. The molecular weight excluding hydrogens is 324 g/mol. The SMILES string of the molecule is C[C@H]1CN2C[C@H](O)C[C@@H]2CN1Cc1ccc(-c2ccccc2Cl)o1. The van der Waals surface area contributed by atoms with E-state index in [1.54, 1.807) is 0 Å². The van der Waals surface area contributed by atoms with E-state index in [4.69, 9.17) is 16.0 Å². The van der Waals surface area contributed by atoms with E-state index < -0.39 is 0 Å². The van der Waals surface area contributed by atoms with Crippen molar-refractivity contribution in [3.8, 4) is 11.3 Å². The molecule has 128 valence electrons. The number of rotatable bonds is 3. The molecule has 0 saturated carbocycles. The summed E-state index contributed by atoms with van der Waals surface area (Å²) in [6, 6.07) is 12.7. The number of hydrogen-bond acceptors (Lipinski definition) is 4. The Morgan fingerprint density at radius 2 is 2.00 bits per heavy atom. The van der Waals surface area contributed by atoms with Crippen LogP contribution in [0.1, 0.15) is 19.1 Å². The van der Waals surface area contributed by atoms with Gasteiger partial charge in [0.2, 0.25) is 0 Å². The van der Waals surface area contributed by atoms with Gasteiger partial charge in [-0.25, -0.2) is 0 Å². The molecule has 1 N–H and O–H groups in total. The largest absolute Gasteiger partial charge is 0.460 e. The van der Waals surface area contributed by atoms with E-state index in [-0.39, 0.29) is 6.10 Å². The van der Waals surface area contributed by atoms with Crippen molar-refractivity contribution in [2.75, 3.05) is 19.6 Å². The summed E-state index contributed by atoms with van der Waals surface area (Å²) in [5, 5.41) is 10.6. The summed E-state index contributed by atoms with van der Waals surface area (Å²) in [5.41, 5.74) is 0.933. The van der Waals surface area contributed by atoms with E-state index in [1.807, 2.05) is 36.4 Å². The molecule has 2 saturated heterocycles. The normalized spacial score (nSPS) is 28.2. The van der Waals surface area contributed by atoms with Crippen molar-refractivity contribution in [2.45, 2.75) is 38.1 Å². The fourth-order valence-electron chi connectivity index (χ4n) is 3.97. The van der Waals surface area contributed by atoms with E-state index in [9.17, 15) is 5.11 Å². The number of aliphatic hydroxyl groups excluding tert-OH is 1. The predicted octanol–water partition coefficient (Wildman–Crippen LogP) is 3.24. The number of benzene rings is 1. The number of halogens is 1. The highest BCUT2D eigenvalue weighted by Gasteiger charge is 2.38. The Morgan fingerprint density at radius 3 is 2.83 bits per heavy atom. The highest BCUT2D eigenvalue weighted by atomic mass is 35.5. The Labute approximate surface area is 147 Å². The maximum absolute atomic E-state index is 9.89. The third-order valence-corrected chi connectivity index (χ3v) is 5.56. The molecule has 0 unspecified atom stereocenters. The fourth-order valence-corrected chi connectivity index (χ4v) is 4.19. The molecule has 2 fully saturated rings. The van der Waals surface area contributed by atoms with Crippen LogP contribution in [0.3, 0.4) is 0 Å². The second-order valence-electron chi connectivity index (χ2n) is 7.02. The van der Waals surface area contributed by atoms with Crippen molar-refractivity contribution in [2.24, 2.45) is 0 Å². The number of hydrogen-bond donors (Lipinski definition) is 1. The second kappa shape index (κ2) is 6.52. The molecule has 2 aromatic rings. The average molecular weight is 347 g/mol. The van der Waals surface area contributed by atoms with Gasteiger partial charge in [0.05, 0.1) is 17.7 Å². The van der Waals surface area contributed by atoms with E-state index in [1.165, 1.54) is 0 Å². The van der Waals surface area contributed by atoms with Gasteiger partial charge in [-0.1, -0.05) is 23.7 Å². The molecular formula is C19H23ClN2O2. The standard InChI is InChI=1S/C19H23ClN2O2/c1-13-9-22-11-15(23)8-14(22)10-21(13)12-16-6-7-19(24-16)17-4-2-3-5-18(17)20/h2-7,13-15,23H,8-12H2,1H3/t13-,14+,15+/m0/s1. The molecule has 2 aliphatic rings. The molecule has 1 aromatic heterocycles. The Morgan fingerprint density at radius 1 is 1.17 bits per heavy atom. The third kappa shape index (κ3) is 3.11.